The van der Waals surface area contributed by atoms with Gasteiger partial charge in [0.05, 0.1) is 5.69 Å². The van der Waals surface area contributed by atoms with Gasteiger partial charge in [0.25, 0.3) is 5.56 Å². The highest BCUT2D eigenvalue weighted by Gasteiger charge is 2.19. The highest BCUT2D eigenvalue weighted by Crippen LogP contribution is 2.26. The Kier molecular flexibility index (Phi) is 8.31. The molecule has 0 fully saturated rings. The molecule has 0 unspecified atom stereocenters. The predicted octanol–water partition coefficient (Wildman–Crippen LogP) is 6.50. The number of amides is 1. The van der Waals surface area contributed by atoms with Gasteiger partial charge < -0.3 is 14.6 Å². The number of aromatic nitrogens is 2. The van der Waals surface area contributed by atoms with E-state index in [0.717, 1.165) is 5.56 Å². The van der Waals surface area contributed by atoms with Crippen LogP contribution in [0.25, 0.3) is 11.8 Å². The summed E-state index contributed by atoms with van der Waals surface area (Å²) >= 11 is 5.36. The van der Waals surface area contributed by atoms with E-state index in [1.165, 1.54) is 10.6 Å². The number of hydrogen-bond acceptors (Lipinski definition) is 6. The van der Waals surface area contributed by atoms with Gasteiger partial charge in [0.15, 0.2) is 4.77 Å². The molecule has 200 valence electrons. The Labute approximate surface area is 231 Å². The molecule has 0 radical (unpaired) electrons. The molecular formula is C30H29N3O5S. The molecule has 0 atom stereocenters. The second-order valence-electron chi connectivity index (χ2n) is 9.70. The van der Waals surface area contributed by atoms with E-state index < -0.39 is 17.3 Å². The summed E-state index contributed by atoms with van der Waals surface area (Å²) in [7, 11) is 0. The molecule has 0 aliphatic heterocycles. The smallest absolute Gasteiger partial charge is 0.411 e. The minimum absolute atomic E-state index is 0.0103. The summed E-state index contributed by atoms with van der Waals surface area (Å²) in [4.78, 5) is 28.1. The Hall–Kier alpha value is -4.63. The van der Waals surface area contributed by atoms with Gasteiger partial charge in [-0.3, -0.25) is 19.7 Å². The van der Waals surface area contributed by atoms with E-state index in [4.69, 9.17) is 21.7 Å². The molecule has 0 bridgehead atoms. The number of para-hydroxylation sites is 1. The van der Waals surface area contributed by atoms with E-state index in [9.17, 15) is 14.7 Å². The van der Waals surface area contributed by atoms with E-state index in [1.807, 2.05) is 60.7 Å². The van der Waals surface area contributed by atoms with Crippen LogP contribution in [0.3, 0.4) is 0 Å². The second kappa shape index (κ2) is 11.8. The number of benzene rings is 3. The van der Waals surface area contributed by atoms with Gasteiger partial charge >= 0.3 is 6.09 Å². The Morgan fingerprint density at radius 2 is 1.56 bits per heavy atom. The maximum absolute atomic E-state index is 12.9. The Balaban J connectivity index is 1.70. The number of nitrogens with one attached hydrogen (secondary N) is 2. The summed E-state index contributed by atoms with van der Waals surface area (Å²) in [5.74, 6) is 0.897. The van der Waals surface area contributed by atoms with Gasteiger partial charge in [-0.25, -0.2) is 4.79 Å². The van der Waals surface area contributed by atoms with E-state index in [0.29, 0.717) is 22.9 Å². The van der Waals surface area contributed by atoms with Crippen molar-refractivity contribution in [1.82, 2.24) is 14.9 Å². The van der Waals surface area contributed by atoms with Crippen LogP contribution >= 0.6 is 12.2 Å². The third-order valence-electron chi connectivity index (χ3n) is 5.41. The maximum atomic E-state index is 12.9. The summed E-state index contributed by atoms with van der Waals surface area (Å²) in [6.07, 6.45) is 1.02. The minimum Gasteiger partial charge on any atom is -0.494 e. The van der Waals surface area contributed by atoms with Crippen LogP contribution in [0.15, 0.2) is 95.4 Å². The maximum Gasteiger partial charge on any atom is 0.411 e. The van der Waals surface area contributed by atoms with Crippen molar-refractivity contribution in [2.24, 2.45) is 0 Å². The molecule has 0 spiro atoms. The number of rotatable bonds is 7. The van der Waals surface area contributed by atoms with Gasteiger partial charge in [-0.1, -0.05) is 48.5 Å². The second-order valence-corrected chi connectivity index (χ2v) is 10.1. The molecule has 39 heavy (non-hydrogen) atoms. The third kappa shape index (κ3) is 7.45. The lowest BCUT2D eigenvalue weighted by Crippen LogP contribution is -2.32. The third-order valence-corrected chi connectivity index (χ3v) is 5.70. The van der Waals surface area contributed by atoms with Crippen LogP contribution in [0.4, 0.5) is 4.79 Å². The zero-order chi connectivity index (χ0) is 28.0. The lowest BCUT2D eigenvalue weighted by molar-refractivity contribution is 0.0545. The Morgan fingerprint density at radius 3 is 2.18 bits per heavy atom. The summed E-state index contributed by atoms with van der Waals surface area (Å²) in [5, 5.41) is 13.9. The lowest BCUT2D eigenvalue weighted by atomic mass is 10.1. The van der Waals surface area contributed by atoms with Gasteiger partial charge in [-0.2, -0.15) is 0 Å². The summed E-state index contributed by atoms with van der Waals surface area (Å²) in [6, 6.07) is 25.6. The number of allylic oxidation sites excluding steroid dienone is 1. The molecular weight excluding hydrogens is 514 g/mol. The van der Waals surface area contributed by atoms with E-state index >= 15 is 0 Å². The molecule has 1 heterocycles. The first-order chi connectivity index (χ1) is 18.6. The van der Waals surface area contributed by atoms with Crippen molar-refractivity contribution in [1.29, 1.82) is 0 Å². The number of carbonyl (C=O) groups excluding carboxylic acids is 1. The SMILES string of the molecule is CC(C)(C)OC(=O)NC(=Cc1c(O)n(-c2ccc(Oc3ccccc3)cc2)c(=S)[nH]c1=O)Cc1ccccc1. The van der Waals surface area contributed by atoms with Crippen LogP contribution in [0.2, 0.25) is 0 Å². The number of carbonyl (C=O) groups is 1. The monoisotopic (exact) mass is 543 g/mol. The average molecular weight is 544 g/mol. The first-order valence-corrected chi connectivity index (χ1v) is 12.7. The molecule has 0 aliphatic carbocycles. The lowest BCUT2D eigenvalue weighted by Gasteiger charge is -2.21. The highest BCUT2D eigenvalue weighted by molar-refractivity contribution is 7.71. The zero-order valence-corrected chi connectivity index (χ0v) is 22.6. The largest absolute Gasteiger partial charge is 0.494 e. The van der Waals surface area contributed by atoms with Crippen LogP contribution in [0, 0.1) is 4.77 Å². The molecule has 0 saturated carbocycles. The van der Waals surface area contributed by atoms with Crippen molar-refractivity contribution >= 4 is 24.4 Å². The first kappa shape index (κ1) is 27.4. The molecule has 4 rings (SSSR count). The summed E-state index contributed by atoms with van der Waals surface area (Å²) < 4.78 is 12.6. The topological polar surface area (TPSA) is 106 Å². The van der Waals surface area contributed by atoms with Crippen molar-refractivity contribution in [3.63, 3.8) is 0 Å². The summed E-state index contributed by atoms with van der Waals surface area (Å²) in [6.45, 7) is 5.27. The van der Waals surface area contributed by atoms with E-state index in [2.05, 4.69) is 10.3 Å². The Morgan fingerprint density at radius 1 is 0.974 bits per heavy atom. The fraction of sp³-hybridized carbons (Fsp3) is 0.167. The number of ether oxygens (including phenoxy) is 2. The molecule has 8 nitrogen and oxygen atoms in total. The molecule has 4 aromatic rings. The van der Waals surface area contributed by atoms with E-state index in [1.54, 1.807) is 45.0 Å². The van der Waals surface area contributed by atoms with Gasteiger partial charge in [0.2, 0.25) is 5.88 Å². The average Bonchev–Trinajstić information content (AvgIpc) is 2.87. The highest BCUT2D eigenvalue weighted by atomic mass is 32.1. The fourth-order valence-electron chi connectivity index (χ4n) is 3.75. The van der Waals surface area contributed by atoms with Crippen molar-refractivity contribution in [2.75, 3.05) is 0 Å². The minimum atomic E-state index is -0.717. The van der Waals surface area contributed by atoms with Crippen molar-refractivity contribution in [3.05, 3.63) is 117 Å². The van der Waals surface area contributed by atoms with Gasteiger partial charge in [0, 0.05) is 12.1 Å². The molecule has 3 N–H and O–H groups in total. The zero-order valence-electron chi connectivity index (χ0n) is 21.8. The van der Waals surface area contributed by atoms with Crippen LogP contribution in [-0.2, 0) is 11.2 Å². The van der Waals surface area contributed by atoms with Crippen LogP contribution < -0.4 is 15.6 Å². The molecule has 3 aromatic carbocycles. The normalized spacial score (nSPS) is 11.6. The first-order valence-electron chi connectivity index (χ1n) is 12.3. The number of aromatic hydroxyl groups is 1. The number of alkyl carbamates (subject to hydrolysis) is 1. The van der Waals surface area contributed by atoms with Crippen molar-refractivity contribution in [3.8, 4) is 23.1 Å². The van der Waals surface area contributed by atoms with Gasteiger partial charge in [0.1, 0.15) is 22.7 Å². The van der Waals surface area contributed by atoms with Crippen LogP contribution in [0.5, 0.6) is 17.4 Å². The fourth-order valence-corrected chi connectivity index (χ4v) is 4.04. The summed E-state index contributed by atoms with van der Waals surface area (Å²) in [5.41, 5.74) is 0.354. The van der Waals surface area contributed by atoms with Crippen molar-refractivity contribution < 1.29 is 19.4 Å². The predicted molar refractivity (Wildman–Crippen MR) is 153 cm³/mol. The van der Waals surface area contributed by atoms with Crippen LogP contribution in [0.1, 0.15) is 31.9 Å². The van der Waals surface area contributed by atoms with Gasteiger partial charge in [-0.15, -0.1) is 0 Å². The Bertz CT molecular complexity index is 1590. The molecule has 0 saturated heterocycles. The number of aromatic amines is 1. The standard InChI is InChI=1S/C30H29N3O5S/c1-30(2,3)38-29(36)31-21(18-20-10-6-4-7-11-20)19-25-26(34)32-28(39)33(27(25)35)22-14-16-24(17-15-22)37-23-12-8-5-9-13-23/h4-17,19,35H,18H2,1-3H3,(H,31,36)(H,32,34,39). The number of hydrogen-bond donors (Lipinski definition) is 3. The number of nitrogens with zero attached hydrogens (tertiary/aromatic N) is 1. The molecule has 0 aliphatic rings. The quantitative estimate of drug-likeness (QED) is 0.230. The molecule has 9 heteroatoms. The molecule has 1 aromatic heterocycles. The molecule has 1 amide bonds. The number of H-pyrrole nitrogens is 1. The van der Waals surface area contributed by atoms with E-state index in [-0.39, 0.29) is 22.6 Å². The van der Waals surface area contributed by atoms with Crippen LogP contribution in [-0.4, -0.2) is 26.4 Å². The van der Waals surface area contributed by atoms with Crippen molar-refractivity contribution in [2.45, 2.75) is 32.8 Å². The van der Waals surface area contributed by atoms with Gasteiger partial charge in [-0.05, 0) is 81.0 Å².